The standard InChI is InChI=1S/C18H23N3O4S/c19-13-14-5-7-15(8-6-14)26(23,24)21-10-2-11-25-12-9-20-18(22)16-3-1-4-17(16)21/h5-8,16-17H,1-4,9-12H2,(H,20,22). The molecule has 1 heterocycles. The van der Waals surface area contributed by atoms with Gasteiger partial charge in [-0.15, -0.1) is 0 Å². The van der Waals surface area contributed by atoms with Gasteiger partial charge >= 0.3 is 0 Å². The summed E-state index contributed by atoms with van der Waals surface area (Å²) in [5, 5.41) is 11.8. The molecule has 1 aliphatic carbocycles. The predicted molar refractivity (Wildman–Crippen MR) is 94.6 cm³/mol. The van der Waals surface area contributed by atoms with E-state index in [2.05, 4.69) is 5.32 Å². The highest BCUT2D eigenvalue weighted by atomic mass is 32.2. The number of fused-ring (bicyclic) bond motifs is 1. The minimum atomic E-state index is -3.76. The molecule has 140 valence electrons. The Morgan fingerprint density at radius 1 is 1.15 bits per heavy atom. The number of hydrogen-bond acceptors (Lipinski definition) is 5. The average molecular weight is 377 g/mol. The molecule has 2 aliphatic rings. The maximum Gasteiger partial charge on any atom is 0.243 e. The number of ether oxygens (including phenoxy) is 1. The molecule has 1 aromatic rings. The van der Waals surface area contributed by atoms with Crippen molar-refractivity contribution in [2.45, 2.75) is 36.6 Å². The summed E-state index contributed by atoms with van der Waals surface area (Å²) < 4.78 is 33.4. The molecule has 2 fully saturated rings. The highest BCUT2D eigenvalue weighted by Crippen LogP contribution is 2.34. The fourth-order valence-corrected chi connectivity index (χ4v) is 5.42. The highest BCUT2D eigenvalue weighted by Gasteiger charge is 2.42. The van der Waals surface area contributed by atoms with Crippen LogP contribution >= 0.6 is 0 Å². The zero-order valence-electron chi connectivity index (χ0n) is 14.6. The Hall–Kier alpha value is -1.95. The monoisotopic (exact) mass is 377 g/mol. The topological polar surface area (TPSA) is 99.5 Å². The zero-order chi connectivity index (χ0) is 18.6. The lowest BCUT2D eigenvalue weighted by molar-refractivity contribution is -0.126. The molecule has 1 saturated carbocycles. The Labute approximate surface area is 154 Å². The highest BCUT2D eigenvalue weighted by molar-refractivity contribution is 7.89. The summed E-state index contributed by atoms with van der Waals surface area (Å²) in [4.78, 5) is 12.6. The predicted octanol–water partition coefficient (Wildman–Crippen LogP) is 1.25. The van der Waals surface area contributed by atoms with Crippen LogP contribution in [0, 0.1) is 17.2 Å². The average Bonchev–Trinajstić information content (AvgIpc) is 3.11. The van der Waals surface area contributed by atoms with Crippen molar-refractivity contribution in [1.29, 1.82) is 5.26 Å². The van der Waals surface area contributed by atoms with Gasteiger partial charge in [0, 0.05) is 25.7 Å². The van der Waals surface area contributed by atoms with Crippen molar-refractivity contribution in [2.24, 2.45) is 5.92 Å². The van der Waals surface area contributed by atoms with Gasteiger partial charge in [-0.25, -0.2) is 8.42 Å². The quantitative estimate of drug-likeness (QED) is 0.836. The first-order chi connectivity index (χ1) is 12.5. The van der Waals surface area contributed by atoms with Crippen LogP contribution < -0.4 is 5.32 Å². The molecule has 0 aromatic heterocycles. The van der Waals surface area contributed by atoms with E-state index in [1.165, 1.54) is 28.6 Å². The summed E-state index contributed by atoms with van der Waals surface area (Å²) in [7, 11) is -3.76. The SMILES string of the molecule is N#Cc1ccc(S(=O)(=O)N2CCCOCCNC(=O)C3CCCC32)cc1. The number of nitrogens with zero attached hydrogens (tertiary/aromatic N) is 2. The number of nitrogens with one attached hydrogen (secondary N) is 1. The van der Waals surface area contributed by atoms with Crippen molar-refractivity contribution in [3.63, 3.8) is 0 Å². The van der Waals surface area contributed by atoms with E-state index in [9.17, 15) is 13.2 Å². The van der Waals surface area contributed by atoms with Gasteiger partial charge in [-0.3, -0.25) is 4.79 Å². The number of sulfonamides is 1. The summed E-state index contributed by atoms with van der Waals surface area (Å²) >= 11 is 0. The van der Waals surface area contributed by atoms with Gasteiger partial charge in [0.05, 0.1) is 29.1 Å². The van der Waals surface area contributed by atoms with Crippen molar-refractivity contribution < 1.29 is 17.9 Å². The van der Waals surface area contributed by atoms with Crippen molar-refractivity contribution in [1.82, 2.24) is 9.62 Å². The van der Waals surface area contributed by atoms with E-state index in [4.69, 9.17) is 10.00 Å². The lowest BCUT2D eigenvalue weighted by Crippen LogP contribution is -2.47. The molecule has 1 saturated heterocycles. The van der Waals surface area contributed by atoms with Crippen LogP contribution in [0.4, 0.5) is 0 Å². The fourth-order valence-electron chi connectivity index (χ4n) is 3.69. The van der Waals surface area contributed by atoms with Crippen molar-refractivity contribution >= 4 is 15.9 Å². The van der Waals surface area contributed by atoms with Crippen LogP contribution in [0.1, 0.15) is 31.2 Å². The largest absolute Gasteiger partial charge is 0.380 e. The first-order valence-electron chi connectivity index (χ1n) is 8.91. The second-order valence-electron chi connectivity index (χ2n) is 6.61. The Kier molecular flexibility index (Phi) is 5.91. The van der Waals surface area contributed by atoms with E-state index in [0.717, 1.165) is 6.42 Å². The van der Waals surface area contributed by atoms with Crippen LogP contribution in [0.15, 0.2) is 29.2 Å². The van der Waals surface area contributed by atoms with Gasteiger partial charge in [0.25, 0.3) is 0 Å². The molecule has 1 aliphatic heterocycles. The van der Waals surface area contributed by atoms with Crippen LogP contribution in [-0.4, -0.2) is 51.0 Å². The molecule has 0 bridgehead atoms. The van der Waals surface area contributed by atoms with Gasteiger partial charge in [0.1, 0.15) is 0 Å². The number of amides is 1. The number of carbonyl (C=O) groups is 1. The molecule has 1 aromatic carbocycles. The van der Waals surface area contributed by atoms with Crippen molar-refractivity contribution in [2.75, 3.05) is 26.3 Å². The molecule has 0 spiro atoms. The summed E-state index contributed by atoms with van der Waals surface area (Å²) in [6, 6.07) is 7.57. The molecular weight excluding hydrogens is 354 g/mol. The minimum Gasteiger partial charge on any atom is -0.380 e. The first kappa shape index (κ1) is 18.8. The number of carbonyl (C=O) groups excluding carboxylic acids is 1. The van der Waals surface area contributed by atoms with Gasteiger partial charge in [-0.05, 0) is 43.5 Å². The minimum absolute atomic E-state index is 0.0990. The van der Waals surface area contributed by atoms with Crippen LogP contribution in [0.2, 0.25) is 0 Å². The number of rotatable bonds is 2. The van der Waals surface area contributed by atoms with Gasteiger partial charge in [0.15, 0.2) is 0 Å². The van der Waals surface area contributed by atoms with Crippen molar-refractivity contribution in [3.8, 4) is 6.07 Å². The van der Waals surface area contributed by atoms with E-state index in [1.54, 1.807) is 0 Å². The second-order valence-corrected chi connectivity index (χ2v) is 8.50. The van der Waals surface area contributed by atoms with Gasteiger partial charge in [-0.1, -0.05) is 6.42 Å². The van der Waals surface area contributed by atoms with E-state index in [1.807, 2.05) is 6.07 Å². The molecular formula is C18H23N3O4S. The molecule has 7 nitrogen and oxygen atoms in total. The van der Waals surface area contributed by atoms with E-state index < -0.39 is 10.0 Å². The van der Waals surface area contributed by atoms with Crippen LogP contribution in [0.5, 0.6) is 0 Å². The lowest BCUT2D eigenvalue weighted by atomic mass is 10.0. The molecule has 2 unspecified atom stereocenters. The van der Waals surface area contributed by atoms with Gasteiger partial charge in [-0.2, -0.15) is 9.57 Å². The van der Waals surface area contributed by atoms with Crippen LogP contribution in [-0.2, 0) is 19.6 Å². The second kappa shape index (κ2) is 8.16. The Bertz CT molecular complexity index is 786. The smallest absolute Gasteiger partial charge is 0.243 e. The van der Waals surface area contributed by atoms with Crippen LogP contribution in [0.3, 0.4) is 0 Å². The molecule has 8 heteroatoms. The third-order valence-electron chi connectivity index (χ3n) is 4.99. The van der Waals surface area contributed by atoms with E-state index >= 15 is 0 Å². The van der Waals surface area contributed by atoms with E-state index in [0.29, 0.717) is 51.1 Å². The third-order valence-corrected chi connectivity index (χ3v) is 6.93. The van der Waals surface area contributed by atoms with Gasteiger partial charge in [0.2, 0.25) is 15.9 Å². The Morgan fingerprint density at radius 3 is 2.65 bits per heavy atom. The Balaban J connectivity index is 1.94. The lowest BCUT2D eigenvalue weighted by Gasteiger charge is -2.31. The number of benzene rings is 1. The summed E-state index contributed by atoms with van der Waals surface area (Å²) in [6.45, 7) is 1.65. The maximum atomic E-state index is 13.3. The molecule has 1 amide bonds. The summed E-state index contributed by atoms with van der Waals surface area (Å²) in [5.74, 6) is -0.431. The Morgan fingerprint density at radius 2 is 1.92 bits per heavy atom. The maximum absolute atomic E-state index is 13.3. The van der Waals surface area contributed by atoms with Gasteiger partial charge < -0.3 is 10.1 Å². The first-order valence-corrected chi connectivity index (χ1v) is 10.4. The fraction of sp³-hybridized carbons (Fsp3) is 0.556. The molecule has 2 atom stereocenters. The molecule has 3 rings (SSSR count). The zero-order valence-corrected chi connectivity index (χ0v) is 15.4. The number of nitriles is 1. The number of hydrogen-bond donors (Lipinski definition) is 1. The van der Waals surface area contributed by atoms with E-state index in [-0.39, 0.29) is 22.8 Å². The summed E-state index contributed by atoms with van der Waals surface area (Å²) in [6.07, 6.45) is 2.77. The summed E-state index contributed by atoms with van der Waals surface area (Å²) in [5.41, 5.74) is 0.410. The van der Waals surface area contributed by atoms with Crippen molar-refractivity contribution in [3.05, 3.63) is 29.8 Å². The third kappa shape index (κ3) is 3.90. The molecule has 1 N–H and O–H groups in total. The van der Waals surface area contributed by atoms with Crippen LogP contribution in [0.25, 0.3) is 0 Å². The normalized spacial score (nSPS) is 25.6. The molecule has 26 heavy (non-hydrogen) atoms. The molecule has 0 radical (unpaired) electrons.